The predicted molar refractivity (Wildman–Crippen MR) is 110 cm³/mol. The number of aromatic nitrogens is 1. The first-order valence-corrected chi connectivity index (χ1v) is 9.58. The molecule has 0 saturated carbocycles. The van der Waals surface area contributed by atoms with Crippen molar-refractivity contribution in [3.63, 3.8) is 0 Å². The van der Waals surface area contributed by atoms with E-state index in [1.54, 1.807) is 36.3 Å². The van der Waals surface area contributed by atoms with Gasteiger partial charge < -0.3 is 24.8 Å². The molecule has 1 aromatic heterocycles. The number of halogens is 1. The molecule has 0 saturated heterocycles. The molecule has 2 heterocycles. The molecule has 1 aromatic carbocycles. The highest BCUT2D eigenvalue weighted by Crippen LogP contribution is 2.34. The molecule has 2 aromatic rings. The number of ether oxygens (including phenoxy) is 1. The lowest BCUT2D eigenvalue weighted by Crippen LogP contribution is -2.36. The number of carbonyl (C=O) groups is 3. The Balaban J connectivity index is 1.44. The number of hydrogen-bond donors (Lipinski definition) is 2. The van der Waals surface area contributed by atoms with Crippen LogP contribution in [0, 0.1) is 0 Å². The van der Waals surface area contributed by atoms with Gasteiger partial charge in [-0.05, 0) is 30.8 Å². The number of rotatable bonds is 9. The van der Waals surface area contributed by atoms with Gasteiger partial charge in [0.2, 0.25) is 5.91 Å². The molecule has 3 rings (SSSR count). The number of nitrogens with zero attached hydrogens (tertiary/aromatic N) is 2. The molecule has 0 radical (unpaired) electrons. The van der Waals surface area contributed by atoms with Gasteiger partial charge in [-0.15, -0.1) is 0 Å². The third-order valence-electron chi connectivity index (χ3n) is 4.80. The number of benzene rings is 1. The first-order chi connectivity index (χ1) is 13.9. The lowest BCUT2D eigenvalue weighted by molar-refractivity contribution is -0.115. The van der Waals surface area contributed by atoms with E-state index in [1.807, 2.05) is 11.9 Å². The fraction of sp³-hybridized carbons (Fsp3) is 0.350. The fourth-order valence-corrected chi connectivity index (χ4v) is 3.27. The van der Waals surface area contributed by atoms with Crippen LogP contribution in [0.5, 0.6) is 5.75 Å². The topological polar surface area (TPSA) is 94.7 Å². The van der Waals surface area contributed by atoms with Gasteiger partial charge in [0.15, 0.2) is 6.29 Å². The van der Waals surface area contributed by atoms with E-state index in [1.165, 1.54) is 0 Å². The van der Waals surface area contributed by atoms with E-state index >= 15 is 0 Å². The molecule has 29 heavy (non-hydrogen) atoms. The molecule has 0 aliphatic carbocycles. The normalized spacial score (nSPS) is 12.6. The molecular formula is C20H23ClN4O4. The van der Waals surface area contributed by atoms with Gasteiger partial charge in [-0.2, -0.15) is 0 Å². The first-order valence-electron chi connectivity index (χ1n) is 9.20. The molecule has 8 nitrogen and oxygen atoms in total. The number of amides is 2. The summed E-state index contributed by atoms with van der Waals surface area (Å²) in [5.74, 6) is 0.300. The van der Waals surface area contributed by atoms with Crippen LogP contribution in [0.1, 0.15) is 26.4 Å². The van der Waals surface area contributed by atoms with E-state index in [4.69, 9.17) is 16.3 Å². The number of fused-ring (bicyclic) bond motifs is 1. The molecule has 154 valence electrons. The SMILES string of the molecule is CN(CCOc1cc2c(cc1Cl)NC(=O)C2)CCN(C)C(=O)c1cc[nH]c1C=O. The minimum absolute atomic E-state index is 0.0495. The van der Waals surface area contributed by atoms with Crippen LogP contribution in [-0.4, -0.2) is 73.2 Å². The Morgan fingerprint density at radius 1 is 1.28 bits per heavy atom. The van der Waals surface area contributed by atoms with Crippen LogP contribution in [0.25, 0.3) is 0 Å². The monoisotopic (exact) mass is 418 g/mol. The Labute approximate surface area is 173 Å². The van der Waals surface area contributed by atoms with Crippen LogP contribution >= 0.6 is 11.6 Å². The largest absolute Gasteiger partial charge is 0.491 e. The Hall–Kier alpha value is -2.84. The third-order valence-corrected chi connectivity index (χ3v) is 5.10. The summed E-state index contributed by atoms with van der Waals surface area (Å²) in [6.07, 6.45) is 2.54. The Morgan fingerprint density at radius 3 is 2.83 bits per heavy atom. The average Bonchev–Trinajstić information content (AvgIpc) is 3.30. The molecule has 0 spiro atoms. The van der Waals surface area contributed by atoms with E-state index in [9.17, 15) is 14.4 Å². The maximum Gasteiger partial charge on any atom is 0.255 e. The molecule has 1 aliphatic rings. The number of anilines is 1. The molecule has 0 bridgehead atoms. The number of aromatic amines is 1. The number of likely N-dealkylation sites (N-methyl/N-ethyl adjacent to an activating group) is 2. The van der Waals surface area contributed by atoms with Crippen LogP contribution in [0.15, 0.2) is 24.4 Å². The maximum atomic E-state index is 12.4. The van der Waals surface area contributed by atoms with Crippen molar-refractivity contribution in [3.05, 3.63) is 46.2 Å². The number of carbonyl (C=O) groups excluding carboxylic acids is 3. The van der Waals surface area contributed by atoms with Gasteiger partial charge in [0.1, 0.15) is 12.4 Å². The number of nitrogens with one attached hydrogen (secondary N) is 2. The second-order valence-electron chi connectivity index (χ2n) is 6.97. The minimum atomic E-state index is -0.203. The summed E-state index contributed by atoms with van der Waals surface area (Å²) in [7, 11) is 3.63. The van der Waals surface area contributed by atoms with E-state index in [0.717, 1.165) is 11.3 Å². The van der Waals surface area contributed by atoms with Crippen molar-refractivity contribution in [3.8, 4) is 5.75 Å². The van der Waals surface area contributed by atoms with E-state index in [2.05, 4.69) is 10.3 Å². The van der Waals surface area contributed by atoms with Gasteiger partial charge in [0.05, 0.1) is 22.7 Å². The highest BCUT2D eigenvalue weighted by molar-refractivity contribution is 6.32. The van der Waals surface area contributed by atoms with E-state index < -0.39 is 0 Å². The highest BCUT2D eigenvalue weighted by atomic mass is 35.5. The Bertz CT molecular complexity index is 927. The standard InChI is InChI=1S/C20H23ClN4O4/c1-24(5-6-25(2)20(28)14-3-4-22-17(14)12-26)7-8-29-18-9-13-10-19(27)23-16(13)11-15(18)21/h3-4,9,11-12,22H,5-8,10H2,1-2H3,(H,23,27). The van der Waals surface area contributed by atoms with Gasteiger partial charge in [-0.1, -0.05) is 11.6 Å². The van der Waals surface area contributed by atoms with Crippen LogP contribution in [0.3, 0.4) is 0 Å². The number of hydrogen-bond acceptors (Lipinski definition) is 5. The van der Waals surface area contributed by atoms with Gasteiger partial charge in [0, 0.05) is 38.6 Å². The van der Waals surface area contributed by atoms with Crippen LogP contribution in [0.2, 0.25) is 5.02 Å². The molecular weight excluding hydrogens is 396 g/mol. The van der Waals surface area contributed by atoms with Crippen LogP contribution < -0.4 is 10.1 Å². The molecule has 0 atom stereocenters. The lowest BCUT2D eigenvalue weighted by atomic mass is 10.1. The summed E-state index contributed by atoms with van der Waals surface area (Å²) in [6, 6.07) is 5.10. The van der Waals surface area contributed by atoms with Crippen LogP contribution in [-0.2, 0) is 11.2 Å². The number of aldehydes is 1. The maximum absolute atomic E-state index is 12.4. The molecule has 1 aliphatic heterocycles. The summed E-state index contributed by atoms with van der Waals surface area (Å²) in [4.78, 5) is 41.2. The van der Waals surface area contributed by atoms with Gasteiger partial charge >= 0.3 is 0 Å². The smallest absolute Gasteiger partial charge is 0.255 e. The summed E-state index contributed by atoms with van der Waals surface area (Å²) >= 11 is 6.22. The highest BCUT2D eigenvalue weighted by Gasteiger charge is 2.20. The summed E-state index contributed by atoms with van der Waals surface area (Å²) in [6.45, 7) is 2.20. The lowest BCUT2D eigenvalue weighted by Gasteiger charge is -2.22. The average molecular weight is 419 g/mol. The zero-order valence-electron chi connectivity index (χ0n) is 16.3. The zero-order chi connectivity index (χ0) is 21.0. The molecule has 2 amide bonds. The third kappa shape index (κ3) is 4.96. The van der Waals surface area contributed by atoms with Crippen molar-refractivity contribution < 1.29 is 19.1 Å². The van der Waals surface area contributed by atoms with Crippen molar-refractivity contribution in [1.82, 2.24) is 14.8 Å². The summed E-state index contributed by atoms with van der Waals surface area (Å²) in [5, 5.41) is 3.21. The Morgan fingerprint density at radius 2 is 2.07 bits per heavy atom. The second kappa shape index (κ2) is 9.11. The number of H-pyrrole nitrogens is 1. The summed E-state index contributed by atoms with van der Waals surface area (Å²) < 4.78 is 5.78. The predicted octanol–water partition coefficient (Wildman–Crippen LogP) is 2.06. The zero-order valence-corrected chi connectivity index (χ0v) is 17.1. The van der Waals surface area contributed by atoms with Crippen molar-refractivity contribution in [2.24, 2.45) is 0 Å². The first kappa shape index (κ1) is 20.9. The molecule has 9 heteroatoms. The van der Waals surface area contributed by atoms with Crippen LogP contribution in [0.4, 0.5) is 5.69 Å². The molecule has 0 unspecified atom stereocenters. The van der Waals surface area contributed by atoms with Crippen molar-refractivity contribution >= 4 is 35.4 Å². The van der Waals surface area contributed by atoms with Crippen molar-refractivity contribution in [2.75, 3.05) is 45.7 Å². The van der Waals surface area contributed by atoms with Gasteiger partial charge in [-0.3, -0.25) is 14.4 Å². The minimum Gasteiger partial charge on any atom is -0.491 e. The molecule has 0 fully saturated rings. The van der Waals surface area contributed by atoms with E-state index in [-0.39, 0.29) is 17.5 Å². The summed E-state index contributed by atoms with van der Waals surface area (Å²) in [5.41, 5.74) is 2.26. The van der Waals surface area contributed by atoms with Gasteiger partial charge in [-0.25, -0.2) is 0 Å². The van der Waals surface area contributed by atoms with Gasteiger partial charge in [0.25, 0.3) is 5.91 Å². The molecule has 2 N–H and O–H groups in total. The quantitative estimate of drug-likeness (QED) is 0.608. The Kier molecular flexibility index (Phi) is 6.56. The van der Waals surface area contributed by atoms with Crippen molar-refractivity contribution in [2.45, 2.75) is 6.42 Å². The van der Waals surface area contributed by atoms with Crippen molar-refractivity contribution in [1.29, 1.82) is 0 Å². The second-order valence-corrected chi connectivity index (χ2v) is 7.37. The van der Waals surface area contributed by atoms with E-state index in [0.29, 0.717) is 55.3 Å². The fourth-order valence-electron chi connectivity index (χ4n) is 3.05.